The molecule has 0 aliphatic heterocycles. The van der Waals surface area contributed by atoms with Crippen molar-refractivity contribution in [2.45, 2.75) is 0 Å². The van der Waals surface area contributed by atoms with Gasteiger partial charge in [-0.3, -0.25) is 15.1 Å². The van der Waals surface area contributed by atoms with Crippen LogP contribution >= 0.6 is 11.3 Å². The fourth-order valence-corrected chi connectivity index (χ4v) is 4.38. The zero-order valence-electron chi connectivity index (χ0n) is 15.8. The monoisotopic (exact) mass is 428 g/mol. The van der Waals surface area contributed by atoms with Crippen molar-refractivity contribution in [1.82, 2.24) is 30.1 Å². The van der Waals surface area contributed by atoms with Gasteiger partial charge in [-0.25, -0.2) is 4.98 Å². The van der Waals surface area contributed by atoms with E-state index in [1.54, 1.807) is 24.5 Å². The van der Waals surface area contributed by atoms with Gasteiger partial charge in [-0.05, 0) is 42.5 Å². The minimum Gasteiger partial charge on any atom is -0.506 e. The maximum absolute atomic E-state index is 13.6. The van der Waals surface area contributed by atoms with Gasteiger partial charge in [0.15, 0.2) is 5.13 Å². The van der Waals surface area contributed by atoms with Crippen LogP contribution in [0.1, 0.15) is 0 Å². The summed E-state index contributed by atoms with van der Waals surface area (Å²) in [7, 11) is 0. The van der Waals surface area contributed by atoms with Crippen LogP contribution in [0.15, 0.2) is 61.1 Å². The number of aromatic amines is 2. The molecule has 7 nitrogen and oxygen atoms in total. The van der Waals surface area contributed by atoms with Crippen LogP contribution in [-0.2, 0) is 0 Å². The van der Waals surface area contributed by atoms with Crippen molar-refractivity contribution in [1.29, 1.82) is 0 Å². The third kappa shape index (κ3) is 2.94. The third-order valence-electron chi connectivity index (χ3n) is 5.04. The van der Waals surface area contributed by atoms with Crippen molar-refractivity contribution in [2.75, 3.05) is 0 Å². The van der Waals surface area contributed by atoms with Crippen LogP contribution in [0, 0.1) is 5.13 Å². The molecule has 0 fully saturated rings. The Hall–Kier alpha value is -4.11. The molecule has 150 valence electrons. The number of hydrogen-bond donors (Lipinski definition) is 3. The van der Waals surface area contributed by atoms with E-state index < -0.39 is 0 Å². The number of aromatic hydroxyl groups is 1. The summed E-state index contributed by atoms with van der Waals surface area (Å²) in [6.45, 7) is 0. The number of nitrogens with zero attached hydrogens (tertiary/aromatic N) is 4. The van der Waals surface area contributed by atoms with Crippen molar-refractivity contribution in [2.24, 2.45) is 0 Å². The summed E-state index contributed by atoms with van der Waals surface area (Å²) < 4.78 is 13.6. The van der Waals surface area contributed by atoms with Crippen molar-refractivity contribution in [3.63, 3.8) is 0 Å². The molecule has 0 spiro atoms. The summed E-state index contributed by atoms with van der Waals surface area (Å²) in [5, 5.41) is 17.8. The second-order valence-corrected chi connectivity index (χ2v) is 8.04. The molecular formula is C22H13FN6OS. The standard InChI is InChI=1S/C22H13FN6OS/c23-19-4-3-18(31-19)20-13-8-17(26-15(13)5-6-25-20)22-21-16(28-29-22)2-1-14(27-21)11-7-12(30)10-24-9-11/h1-10,26,30H,(H,28,29). The topological polar surface area (TPSA) is 103 Å². The van der Waals surface area contributed by atoms with E-state index in [0.717, 1.165) is 38.3 Å². The molecule has 0 bridgehead atoms. The normalized spacial score (nSPS) is 11.5. The lowest BCUT2D eigenvalue weighted by atomic mass is 10.1. The number of halogens is 1. The van der Waals surface area contributed by atoms with E-state index in [1.165, 1.54) is 12.3 Å². The number of rotatable bonds is 3. The molecule has 0 saturated carbocycles. The quantitative estimate of drug-likeness (QED) is 0.362. The molecule has 6 heterocycles. The Bertz CT molecular complexity index is 1580. The summed E-state index contributed by atoms with van der Waals surface area (Å²) in [5.41, 5.74) is 5.86. The minimum absolute atomic E-state index is 0.0764. The zero-order chi connectivity index (χ0) is 20.9. The van der Waals surface area contributed by atoms with Crippen LogP contribution in [0.3, 0.4) is 0 Å². The van der Waals surface area contributed by atoms with Crippen LogP contribution in [0.4, 0.5) is 4.39 Å². The van der Waals surface area contributed by atoms with E-state index in [1.807, 2.05) is 24.3 Å². The Kier molecular flexibility index (Phi) is 3.84. The molecule has 9 heteroatoms. The van der Waals surface area contributed by atoms with Crippen molar-refractivity contribution in [3.05, 3.63) is 66.2 Å². The Morgan fingerprint density at radius 1 is 0.968 bits per heavy atom. The maximum atomic E-state index is 13.6. The number of hydrogen-bond acceptors (Lipinski definition) is 6. The van der Waals surface area contributed by atoms with Crippen LogP contribution in [0.25, 0.3) is 55.2 Å². The highest BCUT2D eigenvalue weighted by molar-refractivity contribution is 7.13. The van der Waals surface area contributed by atoms with Gasteiger partial charge >= 0.3 is 0 Å². The molecule has 0 saturated heterocycles. The Morgan fingerprint density at radius 3 is 2.74 bits per heavy atom. The zero-order valence-corrected chi connectivity index (χ0v) is 16.6. The second kappa shape index (κ2) is 6.71. The first kappa shape index (κ1) is 17.7. The number of nitrogens with one attached hydrogen (secondary N) is 2. The van der Waals surface area contributed by atoms with Gasteiger partial charge in [-0.1, -0.05) is 0 Å². The lowest BCUT2D eigenvalue weighted by Crippen LogP contribution is -1.86. The summed E-state index contributed by atoms with van der Waals surface area (Å²) in [4.78, 5) is 17.4. The van der Waals surface area contributed by atoms with Gasteiger partial charge in [0.1, 0.15) is 17.0 Å². The second-order valence-electron chi connectivity index (χ2n) is 7.00. The van der Waals surface area contributed by atoms with Gasteiger partial charge in [0.05, 0.1) is 33.7 Å². The first-order valence-corrected chi connectivity index (χ1v) is 10.2. The fourth-order valence-electron chi connectivity index (χ4n) is 3.63. The van der Waals surface area contributed by atoms with Crippen molar-refractivity contribution >= 4 is 33.3 Å². The molecule has 31 heavy (non-hydrogen) atoms. The van der Waals surface area contributed by atoms with Gasteiger partial charge in [0, 0.05) is 28.9 Å². The molecule has 0 aliphatic carbocycles. The lowest BCUT2D eigenvalue weighted by molar-refractivity contribution is 0.473. The van der Waals surface area contributed by atoms with Crippen LogP contribution in [0.5, 0.6) is 5.75 Å². The Morgan fingerprint density at radius 2 is 1.90 bits per heavy atom. The molecule has 0 atom stereocenters. The molecule has 6 aromatic heterocycles. The first-order valence-electron chi connectivity index (χ1n) is 9.39. The molecule has 0 radical (unpaired) electrons. The fraction of sp³-hybridized carbons (Fsp3) is 0. The predicted molar refractivity (Wildman–Crippen MR) is 117 cm³/mol. The largest absolute Gasteiger partial charge is 0.506 e. The van der Waals surface area contributed by atoms with Crippen LogP contribution in [-0.4, -0.2) is 35.2 Å². The molecular weight excluding hydrogens is 415 g/mol. The maximum Gasteiger partial charge on any atom is 0.177 e. The molecule has 0 unspecified atom stereocenters. The smallest absolute Gasteiger partial charge is 0.177 e. The Labute approximate surface area is 178 Å². The molecule has 0 aliphatic rings. The number of thiophene rings is 1. The highest BCUT2D eigenvalue weighted by Crippen LogP contribution is 2.35. The van der Waals surface area contributed by atoms with Gasteiger partial charge in [0.25, 0.3) is 0 Å². The van der Waals surface area contributed by atoms with E-state index in [0.29, 0.717) is 28.2 Å². The predicted octanol–water partition coefficient (Wildman–Crippen LogP) is 5.14. The van der Waals surface area contributed by atoms with Crippen LogP contribution in [0.2, 0.25) is 0 Å². The number of fused-ring (bicyclic) bond motifs is 2. The van der Waals surface area contributed by atoms with Crippen molar-refractivity contribution < 1.29 is 9.50 Å². The highest BCUT2D eigenvalue weighted by atomic mass is 32.1. The summed E-state index contributed by atoms with van der Waals surface area (Å²) in [5.74, 6) is 0.0764. The van der Waals surface area contributed by atoms with Gasteiger partial charge in [-0.15, -0.1) is 11.3 Å². The molecule has 6 rings (SSSR count). The Balaban J connectivity index is 1.51. The number of H-pyrrole nitrogens is 2. The highest BCUT2D eigenvalue weighted by Gasteiger charge is 2.16. The minimum atomic E-state index is -0.249. The van der Waals surface area contributed by atoms with Crippen LogP contribution < -0.4 is 0 Å². The number of pyridine rings is 3. The van der Waals surface area contributed by atoms with Gasteiger partial charge in [-0.2, -0.15) is 9.49 Å². The summed E-state index contributed by atoms with van der Waals surface area (Å²) in [6, 6.07) is 12.4. The van der Waals surface area contributed by atoms with Crippen molar-refractivity contribution in [3.8, 4) is 39.0 Å². The average molecular weight is 428 g/mol. The number of aromatic nitrogens is 6. The van der Waals surface area contributed by atoms with E-state index in [-0.39, 0.29) is 10.9 Å². The lowest BCUT2D eigenvalue weighted by Gasteiger charge is -2.01. The average Bonchev–Trinajstić information content (AvgIpc) is 3.50. The summed E-state index contributed by atoms with van der Waals surface area (Å²) >= 11 is 1.06. The third-order valence-corrected chi connectivity index (χ3v) is 5.92. The first-order chi connectivity index (χ1) is 15.2. The van der Waals surface area contributed by atoms with E-state index in [2.05, 4.69) is 25.1 Å². The SMILES string of the molecule is Oc1cncc(-c2ccc3[nH]nc(-c4cc5c(-c6ccc(F)s6)nccc5[nH]4)c3n2)c1. The molecule has 0 aromatic carbocycles. The molecule has 3 N–H and O–H groups in total. The van der Waals surface area contributed by atoms with E-state index >= 15 is 0 Å². The van der Waals surface area contributed by atoms with E-state index in [4.69, 9.17) is 4.98 Å². The van der Waals surface area contributed by atoms with Gasteiger partial charge in [0.2, 0.25) is 0 Å². The van der Waals surface area contributed by atoms with E-state index in [9.17, 15) is 9.50 Å². The summed E-state index contributed by atoms with van der Waals surface area (Å²) in [6.07, 6.45) is 4.72. The molecule has 6 aromatic rings. The van der Waals surface area contributed by atoms with Gasteiger partial charge < -0.3 is 10.1 Å². The molecule has 0 amide bonds.